The predicted octanol–water partition coefficient (Wildman–Crippen LogP) is 1.01. The minimum absolute atomic E-state index is 0.177. The number of oxazole rings is 1. The van der Waals surface area contributed by atoms with Gasteiger partial charge in [0.1, 0.15) is 5.52 Å². The van der Waals surface area contributed by atoms with Crippen molar-refractivity contribution in [2.45, 2.75) is 13.5 Å². The first-order chi connectivity index (χ1) is 8.70. The summed E-state index contributed by atoms with van der Waals surface area (Å²) < 4.78 is 9.71. The van der Waals surface area contributed by atoms with E-state index in [4.69, 9.17) is 4.42 Å². The zero-order chi connectivity index (χ0) is 13.0. The molecule has 0 bridgehead atoms. The van der Waals surface area contributed by atoms with Crippen LogP contribution in [0, 0.1) is 0 Å². The van der Waals surface area contributed by atoms with Crippen LogP contribution < -0.4 is 5.32 Å². The number of esters is 1. The number of benzene rings is 1. The van der Waals surface area contributed by atoms with Crippen LogP contribution >= 0.6 is 0 Å². The Kier molecular flexibility index (Phi) is 3.57. The summed E-state index contributed by atoms with van der Waals surface area (Å²) in [6.45, 7) is 2.05. The highest BCUT2D eigenvalue weighted by Crippen LogP contribution is 2.13. The first kappa shape index (κ1) is 12.1. The predicted molar refractivity (Wildman–Crippen MR) is 62.5 cm³/mol. The van der Waals surface area contributed by atoms with Gasteiger partial charge >= 0.3 is 11.9 Å². The molecule has 0 atom stereocenters. The first-order valence-electron chi connectivity index (χ1n) is 5.47. The zero-order valence-corrected chi connectivity index (χ0v) is 9.80. The lowest BCUT2D eigenvalue weighted by Gasteiger charge is -2.04. The number of hydrogen-bond acceptors (Lipinski definition) is 5. The number of carbonyl (C=O) groups excluding carboxylic acids is 2. The van der Waals surface area contributed by atoms with Gasteiger partial charge in [-0.2, -0.15) is 0 Å². The highest BCUT2D eigenvalue weighted by atomic mass is 16.5. The number of carbonyl (C=O) groups is 2. The molecule has 0 spiro atoms. The highest BCUT2D eigenvalue weighted by molar-refractivity contribution is 6.32. The number of nitrogens with one attached hydrogen (secondary N) is 1. The molecule has 0 aliphatic heterocycles. The van der Waals surface area contributed by atoms with Gasteiger partial charge in [0.05, 0.1) is 6.61 Å². The Balaban J connectivity index is 1.97. The van der Waals surface area contributed by atoms with Gasteiger partial charge < -0.3 is 14.5 Å². The Morgan fingerprint density at radius 3 is 3.06 bits per heavy atom. The van der Waals surface area contributed by atoms with E-state index >= 15 is 0 Å². The molecule has 0 saturated carbocycles. The molecule has 1 amide bonds. The van der Waals surface area contributed by atoms with E-state index in [1.165, 1.54) is 6.39 Å². The van der Waals surface area contributed by atoms with E-state index in [0.29, 0.717) is 5.58 Å². The lowest BCUT2D eigenvalue weighted by molar-refractivity contribution is -0.154. The number of ether oxygens (including phenoxy) is 1. The van der Waals surface area contributed by atoms with Crippen LogP contribution in [0.4, 0.5) is 0 Å². The largest absolute Gasteiger partial charge is 0.459 e. The van der Waals surface area contributed by atoms with Crippen LogP contribution in [0.5, 0.6) is 0 Å². The van der Waals surface area contributed by atoms with Crippen LogP contribution in [0.1, 0.15) is 12.5 Å². The van der Waals surface area contributed by atoms with Gasteiger partial charge in [0, 0.05) is 6.54 Å². The maximum atomic E-state index is 11.3. The van der Waals surface area contributed by atoms with Gasteiger partial charge in [-0.3, -0.25) is 4.79 Å². The smallest absolute Gasteiger partial charge is 0.396 e. The second kappa shape index (κ2) is 5.31. The Morgan fingerprint density at radius 1 is 1.44 bits per heavy atom. The van der Waals surface area contributed by atoms with Gasteiger partial charge in [0.2, 0.25) is 0 Å². The minimum atomic E-state index is -0.877. The molecule has 1 aromatic heterocycles. The fourth-order valence-corrected chi connectivity index (χ4v) is 1.46. The van der Waals surface area contributed by atoms with Crippen LogP contribution in [-0.4, -0.2) is 23.5 Å². The lowest BCUT2D eigenvalue weighted by Crippen LogP contribution is -2.32. The van der Waals surface area contributed by atoms with E-state index in [1.54, 1.807) is 25.1 Å². The van der Waals surface area contributed by atoms with E-state index in [1.807, 2.05) is 0 Å². The van der Waals surface area contributed by atoms with Crippen molar-refractivity contribution in [2.75, 3.05) is 6.61 Å². The number of fused-ring (bicyclic) bond motifs is 1. The summed E-state index contributed by atoms with van der Waals surface area (Å²) in [7, 11) is 0. The standard InChI is InChI=1S/C12H12N2O4/c1-2-17-12(16)11(15)13-6-8-3-4-9-10(5-8)18-7-14-9/h3-5,7H,2,6H2,1H3,(H,13,15). The maximum absolute atomic E-state index is 11.3. The molecule has 0 aliphatic carbocycles. The van der Waals surface area contributed by atoms with Crippen LogP contribution in [0.15, 0.2) is 29.0 Å². The van der Waals surface area contributed by atoms with Crippen molar-refractivity contribution in [3.8, 4) is 0 Å². The van der Waals surface area contributed by atoms with Gasteiger partial charge in [0.25, 0.3) is 0 Å². The summed E-state index contributed by atoms with van der Waals surface area (Å²) >= 11 is 0. The minimum Gasteiger partial charge on any atom is -0.459 e. The maximum Gasteiger partial charge on any atom is 0.396 e. The number of nitrogens with zero attached hydrogens (tertiary/aromatic N) is 1. The van der Waals surface area contributed by atoms with E-state index in [0.717, 1.165) is 11.1 Å². The van der Waals surface area contributed by atoms with E-state index in [9.17, 15) is 9.59 Å². The topological polar surface area (TPSA) is 81.4 Å². The fraction of sp³-hybridized carbons (Fsp3) is 0.250. The zero-order valence-electron chi connectivity index (χ0n) is 9.80. The molecule has 2 rings (SSSR count). The number of rotatable bonds is 3. The van der Waals surface area contributed by atoms with E-state index in [-0.39, 0.29) is 13.2 Å². The molecule has 2 aromatic rings. The number of hydrogen-bond donors (Lipinski definition) is 1. The third-order valence-corrected chi connectivity index (χ3v) is 2.31. The van der Waals surface area contributed by atoms with Crippen molar-refractivity contribution in [1.29, 1.82) is 0 Å². The molecule has 0 saturated heterocycles. The van der Waals surface area contributed by atoms with Gasteiger partial charge in [-0.25, -0.2) is 9.78 Å². The summed E-state index contributed by atoms with van der Waals surface area (Å²) in [5.41, 5.74) is 2.20. The molecule has 1 heterocycles. The van der Waals surface area contributed by atoms with Crippen LogP contribution in [-0.2, 0) is 20.9 Å². The summed E-state index contributed by atoms with van der Waals surface area (Å²) in [5.74, 6) is -1.63. The Hall–Kier alpha value is -2.37. The van der Waals surface area contributed by atoms with Gasteiger partial charge in [0.15, 0.2) is 12.0 Å². The summed E-state index contributed by atoms with van der Waals surface area (Å²) in [5, 5.41) is 2.46. The molecule has 6 heteroatoms. The molecule has 0 unspecified atom stereocenters. The molecule has 0 aliphatic rings. The monoisotopic (exact) mass is 248 g/mol. The second-order valence-corrected chi connectivity index (χ2v) is 3.56. The van der Waals surface area contributed by atoms with Crippen LogP contribution in [0.2, 0.25) is 0 Å². The molecular formula is C12H12N2O4. The van der Waals surface area contributed by atoms with Crippen molar-refractivity contribution in [3.05, 3.63) is 30.2 Å². The number of aromatic nitrogens is 1. The third kappa shape index (κ3) is 2.65. The van der Waals surface area contributed by atoms with Gasteiger partial charge in [-0.15, -0.1) is 0 Å². The summed E-state index contributed by atoms with van der Waals surface area (Å²) in [6.07, 6.45) is 1.35. The van der Waals surface area contributed by atoms with Crippen molar-refractivity contribution in [2.24, 2.45) is 0 Å². The summed E-state index contributed by atoms with van der Waals surface area (Å²) in [4.78, 5) is 26.4. The van der Waals surface area contributed by atoms with Gasteiger partial charge in [-0.1, -0.05) is 6.07 Å². The Bertz CT molecular complexity index is 576. The molecule has 94 valence electrons. The molecular weight excluding hydrogens is 236 g/mol. The fourth-order valence-electron chi connectivity index (χ4n) is 1.46. The number of amides is 1. The molecule has 0 radical (unpaired) electrons. The van der Waals surface area contributed by atoms with Crippen molar-refractivity contribution in [1.82, 2.24) is 10.3 Å². The van der Waals surface area contributed by atoms with Crippen molar-refractivity contribution >= 4 is 23.0 Å². The van der Waals surface area contributed by atoms with Crippen LogP contribution in [0.3, 0.4) is 0 Å². The molecule has 6 nitrogen and oxygen atoms in total. The lowest BCUT2D eigenvalue weighted by atomic mass is 10.2. The summed E-state index contributed by atoms with van der Waals surface area (Å²) in [6, 6.07) is 5.34. The average molecular weight is 248 g/mol. The SMILES string of the molecule is CCOC(=O)C(=O)NCc1ccc2ncoc2c1. The molecule has 18 heavy (non-hydrogen) atoms. The van der Waals surface area contributed by atoms with Crippen LogP contribution in [0.25, 0.3) is 11.1 Å². The first-order valence-corrected chi connectivity index (χ1v) is 5.47. The molecule has 0 fully saturated rings. The molecule has 1 aromatic carbocycles. The van der Waals surface area contributed by atoms with Gasteiger partial charge in [-0.05, 0) is 24.6 Å². The van der Waals surface area contributed by atoms with E-state index in [2.05, 4.69) is 15.0 Å². The highest BCUT2D eigenvalue weighted by Gasteiger charge is 2.13. The van der Waals surface area contributed by atoms with Crippen molar-refractivity contribution < 1.29 is 18.7 Å². The Labute approximate surface area is 103 Å². The molecule has 1 N–H and O–H groups in total. The second-order valence-electron chi connectivity index (χ2n) is 3.56. The Morgan fingerprint density at radius 2 is 2.28 bits per heavy atom. The normalized spacial score (nSPS) is 10.3. The quantitative estimate of drug-likeness (QED) is 0.647. The van der Waals surface area contributed by atoms with Crippen molar-refractivity contribution in [3.63, 3.8) is 0 Å². The average Bonchev–Trinajstić information content (AvgIpc) is 2.83. The third-order valence-electron chi connectivity index (χ3n) is 2.31. The van der Waals surface area contributed by atoms with E-state index < -0.39 is 11.9 Å².